The highest BCUT2D eigenvalue weighted by Crippen LogP contribution is 2.24. The zero-order valence-electron chi connectivity index (χ0n) is 10.6. The molecule has 1 saturated carbocycles. The minimum Gasteiger partial charge on any atom is -0.508 e. The Morgan fingerprint density at radius 3 is 2.78 bits per heavy atom. The van der Waals surface area contributed by atoms with Crippen molar-refractivity contribution in [2.75, 3.05) is 7.11 Å². The molecule has 1 fully saturated rings. The molecule has 0 aliphatic heterocycles. The molecule has 0 saturated heterocycles. The highest BCUT2D eigenvalue weighted by molar-refractivity contribution is 5.77. The molecule has 1 unspecified atom stereocenters. The Morgan fingerprint density at radius 2 is 2.17 bits per heavy atom. The molecule has 1 aliphatic carbocycles. The summed E-state index contributed by atoms with van der Waals surface area (Å²) in [7, 11) is 1.38. The first-order valence-electron chi connectivity index (χ1n) is 6.33. The lowest BCUT2D eigenvalue weighted by molar-refractivity contribution is -0.143. The molecule has 1 atom stereocenters. The van der Waals surface area contributed by atoms with Crippen LogP contribution in [0.15, 0.2) is 24.3 Å². The second-order valence-corrected chi connectivity index (χ2v) is 4.70. The summed E-state index contributed by atoms with van der Waals surface area (Å²) in [6.07, 6.45) is 4.58. The third kappa shape index (κ3) is 3.01. The maximum absolute atomic E-state index is 11.8. The van der Waals surface area contributed by atoms with Gasteiger partial charge in [0.25, 0.3) is 0 Å². The van der Waals surface area contributed by atoms with Gasteiger partial charge in [-0.3, -0.25) is 5.32 Å². The standard InChI is InChI=1S/C14H19NO3/c1-18-14(17)13(15-11-6-2-3-7-11)10-5-4-8-12(16)9-10/h4-5,8-9,11,13,15-16H,2-3,6-7H2,1H3. The number of aromatic hydroxyl groups is 1. The van der Waals surface area contributed by atoms with E-state index in [-0.39, 0.29) is 11.7 Å². The van der Waals surface area contributed by atoms with Crippen molar-refractivity contribution >= 4 is 5.97 Å². The molecule has 0 bridgehead atoms. The number of carbonyl (C=O) groups excluding carboxylic acids is 1. The number of phenolic OH excluding ortho intramolecular Hbond substituents is 1. The van der Waals surface area contributed by atoms with Gasteiger partial charge in [0.2, 0.25) is 0 Å². The van der Waals surface area contributed by atoms with Crippen molar-refractivity contribution < 1.29 is 14.6 Å². The number of benzene rings is 1. The van der Waals surface area contributed by atoms with Gasteiger partial charge in [-0.1, -0.05) is 25.0 Å². The maximum Gasteiger partial charge on any atom is 0.327 e. The van der Waals surface area contributed by atoms with E-state index >= 15 is 0 Å². The summed E-state index contributed by atoms with van der Waals surface area (Å²) in [5.41, 5.74) is 0.744. The van der Waals surface area contributed by atoms with Crippen molar-refractivity contribution in [1.82, 2.24) is 5.32 Å². The van der Waals surface area contributed by atoms with E-state index in [2.05, 4.69) is 5.32 Å². The molecular formula is C14H19NO3. The molecule has 98 valence electrons. The van der Waals surface area contributed by atoms with Gasteiger partial charge < -0.3 is 9.84 Å². The van der Waals surface area contributed by atoms with Crippen molar-refractivity contribution in [3.05, 3.63) is 29.8 Å². The zero-order valence-corrected chi connectivity index (χ0v) is 10.6. The first-order valence-corrected chi connectivity index (χ1v) is 6.33. The fourth-order valence-electron chi connectivity index (χ4n) is 2.45. The van der Waals surface area contributed by atoms with Crippen molar-refractivity contribution in [3.63, 3.8) is 0 Å². The number of hydrogen-bond donors (Lipinski definition) is 2. The number of rotatable bonds is 4. The Morgan fingerprint density at radius 1 is 1.44 bits per heavy atom. The summed E-state index contributed by atoms with van der Waals surface area (Å²) in [4.78, 5) is 11.8. The van der Waals surface area contributed by atoms with E-state index in [9.17, 15) is 9.90 Å². The Labute approximate surface area is 107 Å². The number of esters is 1. The number of nitrogens with one attached hydrogen (secondary N) is 1. The largest absolute Gasteiger partial charge is 0.508 e. The summed E-state index contributed by atoms with van der Waals surface area (Å²) < 4.78 is 4.83. The molecule has 2 rings (SSSR count). The third-order valence-corrected chi connectivity index (χ3v) is 3.40. The maximum atomic E-state index is 11.8. The highest BCUT2D eigenvalue weighted by Gasteiger charge is 2.26. The molecule has 1 aliphatic rings. The molecule has 0 aromatic heterocycles. The van der Waals surface area contributed by atoms with Crippen molar-refractivity contribution in [1.29, 1.82) is 0 Å². The second-order valence-electron chi connectivity index (χ2n) is 4.70. The molecule has 0 amide bonds. The zero-order chi connectivity index (χ0) is 13.0. The quantitative estimate of drug-likeness (QED) is 0.803. The highest BCUT2D eigenvalue weighted by atomic mass is 16.5. The van der Waals surface area contributed by atoms with Gasteiger partial charge in [-0.25, -0.2) is 4.79 Å². The molecule has 2 N–H and O–H groups in total. The summed E-state index contributed by atoms with van der Waals surface area (Å²) in [5.74, 6) is -0.151. The number of methoxy groups -OCH3 is 1. The minimum absolute atomic E-state index is 0.162. The normalized spacial score (nSPS) is 17.6. The lowest BCUT2D eigenvalue weighted by Crippen LogP contribution is -2.36. The lowest BCUT2D eigenvalue weighted by atomic mass is 10.0. The monoisotopic (exact) mass is 249 g/mol. The summed E-state index contributed by atoms with van der Waals surface area (Å²) >= 11 is 0. The Kier molecular flexibility index (Phi) is 4.20. The predicted octanol–water partition coefficient (Wildman–Crippen LogP) is 2.14. The Balaban J connectivity index is 2.16. The van der Waals surface area contributed by atoms with Crippen LogP contribution in [0.5, 0.6) is 5.75 Å². The van der Waals surface area contributed by atoms with Gasteiger partial charge in [0.1, 0.15) is 11.8 Å². The smallest absolute Gasteiger partial charge is 0.327 e. The van der Waals surface area contributed by atoms with E-state index in [1.54, 1.807) is 18.2 Å². The second kappa shape index (κ2) is 5.87. The van der Waals surface area contributed by atoms with E-state index in [0.717, 1.165) is 18.4 Å². The van der Waals surface area contributed by atoms with Crippen LogP contribution in [0.1, 0.15) is 37.3 Å². The van der Waals surface area contributed by atoms with Gasteiger partial charge in [0.05, 0.1) is 7.11 Å². The van der Waals surface area contributed by atoms with Crippen LogP contribution in [0.4, 0.5) is 0 Å². The Hall–Kier alpha value is -1.55. The first-order chi connectivity index (χ1) is 8.70. The summed E-state index contributed by atoms with van der Waals surface area (Å²) in [6.45, 7) is 0. The van der Waals surface area contributed by atoms with Crippen molar-refractivity contribution in [3.8, 4) is 5.75 Å². The molecule has 4 heteroatoms. The van der Waals surface area contributed by atoms with Crippen molar-refractivity contribution in [2.45, 2.75) is 37.8 Å². The van der Waals surface area contributed by atoms with Crippen LogP contribution in [-0.4, -0.2) is 24.2 Å². The van der Waals surface area contributed by atoms with Gasteiger partial charge in [-0.2, -0.15) is 0 Å². The molecule has 1 aromatic carbocycles. The van der Waals surface area contributed by atoms with Crippen LogP contribution in [0.25, 0.3) is 0 Å². The van der Waals surface area contributed by atoms with E-state index < -0.39 is 6.04 Å². The number of hydrogen-bond acceptors (Lipinski definition) is 4. The molecule has 0 radical (unpaired) electrons. The SMILES string of the molecule is COC(=O)C(NC1CCCC1)c1cccc(O)c1. The van der Waals surface area contributed by atoms with Crippen LogP contribution >= 0.6 is 0 Å². The van der Waals surface area contributed by atoms with Crippen molar-refractivity contribution in [2.24, 2.45) is 0 Å². The number of carbonyl (C=O) groups is 1. The van der Waals surface area contributed by atoms with Crippen LogP contribution in [0.3, 0.4) is 0 Å². The van der Waals surface area contributed by atoms with Gasteiger partial charge in [0.15, 0.2) is 0 Å². The van der Waals surface area contributed by atoms with Gasteiger partial charge in [-0.15, -0.1) is 0 Å². The van der Waals surface area contributed by atoms with Crippen LogP contribution in [0, 0.1) is 0 Å². The van der Waals surface area contributed by atoms with Crippen LogP contribution < -0.4 is 5.32 Å². The average Bonchev–Trinajstić information content (AvgIpc) is 2.88. The predicted molar refractivity (Wildman–Crippen MR) is 68.3 cm³/mol. The fraction of sp³-hybridized carbons (Fsp3) is 0.500. The van der Waals surface area contributed by atoms with Crippen LogP contribution in [-0.2, 0) is 9.53 Å². The van der Waals surface area contributed by atoms with E-state index in [0.29, 0.717) is 6.04 Å². The van der Waals surface area contributed by atoms with Crippen LogP contribution in [0.2, 0.25) is 0 Å². The van der Waals surface area contributed by atoms with E-state index in [4.69, 9.17) is 4.74 Å². The van der Waals surface area contributed by atoms with E-state index in [1.807, 2.05) is 6.07 Å². The molecule has 4 nitrogen and oxygen atoms in total. The Bertz CT molecular complexity index is 413. The minimum atomic E-state index is -0.495. The van der Waals surface area contributed by atoms with Gasteiger partial charge in [-0.05, 0) is 30.5 Å². The average molecular weight is 249 g/mol. The number of ether oxygens (including phenoxy) is 1. The van der Waals surface area contributed by atoms with E-state index in [1.165, 1.54) is 20.0 Å². The lowest BCUT2D eigenvalue weighted by Gasteiger charge is -2.21. The molecule has 18 heavy (non-hydrogen) atoms. The third-order valence-electron chi connectivity index (χ3n) is 3.40. The topological polar surface area (TPSA) is 58.6 Å². The summed E-state index contributed by atoms with van der Waals surface area (Å²) in [6, 6.07) is 6.61. The molecular weight excluding hydrogens is 230 g/mol. The van der Waals surface area contributed by atoms with Gasteiger partial charge in [0, 0.05) is 6.04 Å². The molecule has 0 spiro atoms. The summed E-state index contributed by atoms with van der Waals surface area (Å²) in [5, 5.41) is 12.8. The molecule has 1 aromatic rings. The fourth-order valence-corrected chi connectivity index (χ4v) is 2.45. The molecule has 0 heterocycles. The number of phenols is 1. The first kappa shape index (κ1) is 12.9. The van der Waals surface area contributed by atoms with Gasteiger partial charge >= 0.3 is 5.97 Å².